The van der Waals surface area contributed by atoms with Gasteiger partial charge in [0.1, 0.15) is 5.60 Å². The fourth-order valence-electron chi connectivity index (χ4n) is 3.91. The highest BCUT2D eigenvalue weighted by atomic mass is 32.2. The van der Waals surface area contributed by atoms with Crippen molar-refractivity contribution < 1.29 is 32.1 Å². The molecule has 1 unspecified atom stereocenters. The summed E-state index contributed by atoms with van der Waals surface area (Å²) >= 11 is 0. The van der Waals surface area contributed by atoms with E-state index in [4.69, 9.17) is 4.74 Å². The molecule has 0 fully saturated rings. The summed E-state index contributed by atoms with van der Waals surface area (Å²) in [4.78, 5) is 37.5. The molecule has 0 radical (unpaired) electrons. The van der Waals surface area contributed by atoms with E-state index in [1.807, 2.05) is 5.32 Å². The second-order valence-corrected chi connectivity index (χ2v) is 10.8. The van der Waals surface area contributed by atoms with E-state index in [9.17, 15) is 28.1 Å². The summed E-state index contributed by atoms with van der Waals surface area (Å²) in [5.74, 6) is -1.37. The lowest BCUT2D eigenvalue weighted by Gasteiger charge is -2.35. The SMILES string of the molecule is C=CCN1C(=O)[C@](NC(=O)OC(C)(C)C)(C(F)([N+](=O)[O-])S(=O)(=O)c2ccccc2)c2ccccc21. The van der Waals surface area contributed by atoms with Gasteiger partial charge in [0.2, 0.25) is 0 Å². The third-order valence-corrected chi connectivity index (χ3v) is 7.33. The lowest BCUT2D eigenvalue weighted by molar-refractivity contribution is -0.585. The van der Waals surface area contributed by atoms with Crippen LogP contribution in [0, 0.1) is 10.1 Å². The maximum Gasteiger partial charge on any atom is 0.499 e. The molecule has 0 bridgehead atoms. The summed E-state index contributed by atoms with van der Waals surface area (Å²) in [6.07, 6.45) is -0.149. The zero-order valence-corrected chi connectivity index (χ0v) is 20.0. The van der Waals surface area contributed by atoms with Gasteiger partial charge in [0, 0.05) is 12.1 Å². The van der Waals surface area contributed by atoms with Crippen molar-refractivity contribution in [3.63, 3.8) is 0 Å². The number of amides is 2. The molecular weight excluding hydrogens is 481 g/mol. The number of benzene rings is 2. The van der Waals surface area contributed by atoms with E-state index >= 15 is 4.39 Å². The van der Waals surface area contributed by atoms with Crippen LogP contribution in [0.2, 0.25) is 0 Å². The zero-order valence-electron chi connectivity index (χ0n) is 19.2. The van der Waals surface area contributed by atoms with E-state index in [0.29, 0.717) is 0 Å². The van der Waals surface area contributed by atoms with Crippen molar-refractivity contribution in [2.45, 2.75) is 41.9 Å². The van der Waals surface area contributed by atoms with Crippen LogP contribution < -0.4 is 10.2 Å². The molecule has 0 saturated heterocycles. The first kappa shape index (κ1) is 25.8. The van der Waals surface area contributed by atoms with Crippen molar-refractivity contribution in [1.29, 1.82) is 0 Å². The normalized spacial score (nSPS) is 19.4. The molecule has 35 heavy (non-hydrogen) atoms. The monoisotopic (exact) mass is 505 g/mol. The zero-order chi connectivity index (χ0) is 26.2. The maximum absolute atomic E-state index is 17.0. The van der Waals surface area contributed by atoms with Crippen LogP contribution in [0.3, 0.4) is 0 Å². The number of alkyl carbamates (subject to hydrolysis) is 1. The molecule has 0 aromatic heterocycles. The molecule has 12 heteroatoms. The number of nitrogens with one attached hydrogen (secondary N) is 1. The Morgan fingerprint density at radius 3 is 2.31 bits per heavy atom. The summed E-state index contributed by atoms with van der Waals surface area (Å²) in [6.45, 7) is 7.72. The molecule has 0 spiro atoms. The summed E-state index contributed by atoms with van der Waals surface area (Å²) in [7, 11) is -5.55. The number of hydrogen-bond donors (Lipinski definition) is 1. The number of para-hydroxylation sites is 1. The van der Waals surface area contributed by atoms with Gasteiger partial charge in [-0.3, -0.25) is 20.2 Å². The van der Waals surface area contributed by atoms with E-state index in [1.165, 1.54) is 63.2 Å². The number of hydrogen-bond acceptors (Lipinski definition) is 7. The van der Waals surface area contributed by atoms with Crippen molar-refractivity contribution in [1.82, 2.24) is 5.32 Å². The van der Waals surface area contributed by atoms with Crippen LogP contribution in [0.15, 0.2) is 72.1 Å². The Morgan fingerprint density at radius 1 is 1.20 bits per heavy atom. The van der Waals surface area contributed by atoms with Crippen LogP contribution in [0.1, 0.15) is 26.3 Å². The van der Waals surface area contributed by atoms with E-state index in [0.717, 1.165) is 23.1 Å². The van der Waals surface area contributed by atoms with Gasteiger partial charge in [-0.2, -0.15) is 0 Å². The molecule has 3 rings (SSSR count). The minimum Gasteiger partial charge on any atom is -0.444 e. The topological polar surface area (TPSA) is 136 Å². The predicted octanol–water partition coefficient (Wildman–Crippen LogP) is 3.31. The number of nitro groups is 1. The standard InChI is InChI=1S/C23H24FN3O7S/c1-5-15-26-18-14-10-9-13-17(18)22(19(26)28,25-20(29)34-21(2,3)4)23(24,27(30)31)35(32,33)16-11-7-6-8-12-16/h5-14H,1,15H2,2-4H3,(H,25,29)/t22-,23?/m0/s1. The minimum atomic E-state index is -5.55. The van der Waals surface area contributed by atoms with Gasteiger partial charge in [-0.25, -0.2) is 13.2 Å². The van der Waals surface area contributed by atoms with Gasteiger partial charge in [-0.05, 0) is 39.0 Å². The molecule has 2 atom stereocenters. The number of halogens is 1. The van der Waals surface area contributed by atoms with E-state index in [2.05, 4.69) is 6.58 Å². The van der Waals surface area contributed by atoms with Crippen LogP contribution in [-0.4, -0.2) is 42.6 Å². The highest BCUT2D eigenvalue weighted by molar-refractivity contribution is 7.92. The van der Waals surface area contributed by atoms with Crippen LogP contribution in [-0.2, 0) is 24.9 Å². The Labute approximate surface area is 201 Å². The van der Waals surface area contributed by atoms with E-state index in [1.54, 1.807) is 0 Å². The first-order valence-electron chi connectivity index (χ1n) is 10.4. The van der Waals surface area contributed by atoms with Gasteiger partial charge in [0.15, 0.2) is 0 Å². The number of carbonyl (C=O) groups is 2. The Kier molecular flexibility index (Phi) is 6.47. The largest absolute Gasteiger partial charge is 0.499 e. The quantitative estimate of drug-likeness (QED) is 0.264. The summed E-state index contributed by atoms with van der Waals surface area (Å²) in [5.41, 5.74) is -4.93. The van der Waals surface area contributed by atoms with E-state index < -0.39 is 53.5 Å². The second kappa shape index (κ2) is 8.77. The highest BCUT2D eigenvalue weighted by Gasteiger charge is 2.81. The third-order valence-electron chi connectivity index (χ3n) is 5.27. The molecule has 0 aliphatic carbocycles. The molecule has 1 aliphatic rings. The second-order valence-electron chi connectivity index (χ2n) is 8.73. The third kappa shape index (κ3) is 3.93. The molecule has 2 aromatic carbocycles. The van der Waals surface area contributed by atoms with Gasteiger partial charge >= 0.3 is 11.2 Å². The smallest absolute Gasteiger partial charge is 0.444 e. The van der Waals surface area contributed by atoms with Crippen LogP contribution in [0.25, 0.3) is 0 Å². The summed E-state index contributed by atoms with van der Waals surface area (Å²) in [5, 5.41) is 9.78. The van der Waals surface area contributed by atoms with Gasteiger partial charge in [0.05, 0.1) is 15.5 Å². The molecular formula is C23H24FN3O7S. The maximum atomic E-state index is 17.0. The van der Waals surface area contributed by atoms with Crippen molar-refractivity contribution >= 4 is 27.5 Å². The molecule has 1 heterocycles. The minimum absolute atomic E-state index is 0.0272. The number of nitrogens with zero attached hydrogens (tertiary/aromatic N) is 2. The number of rotatable bonds is 7. The fourth-order valence-corrected chi connectivity index (χ4v) is 5.58. The van der Waals surface area contributed by atoms with Crippen LogP contribution in [0.5, 0.6) is 0 Å². The lowest BCUT2D eigenvalue weighted by Crippen LogP contribution is -2.70. The lowest BCUT2D eigenvalue weighted by atomic mass is 9.89. The van der Waals surface area contributed by atoms with Gasteiger partial charge in [0.25, 0.3) is 21.3 Å². The summed E-state index contributed by atoms with van der Waals surface area (Å²) < 4.78 is 49.3. The number of carbonyl (C=O) groups excluding carboxylic acids is 2. The van der Waals surface area contributed by atoms with Crippen molar-refractivity contribution in [3.8, 4) is 0 Å². The fraction of sp³-hybridized carbons (Fsp3) is 0.304. The van der Waals surface area contributed by atoms with Crippen LogP contribution >= 0.6 is 0 Å². The number of sulfone groups is 1. The molecule has 1 aliphatic heterocycles. The predicted molar refractivity (Wildman–Crippen MR) is 125 cm³/mol. The number of alkyl halides is 1. The van der Waals surface area contributed by atoms with E-state index in [-0.39, 0.29) is 12.2 Å². The van der Waals surface area contributed by atoms with Gasteiger partial charge in [-0.1, -0.05) is 42.5 Å². The average molecular weight is 506 g/mol. The number of anilines is 1. The van der Waals surface area contributed by atoms with Crippen LogP contribution in [0.4, 0.5) is 14.9 Å². The first-order valence-corrected chi connectivity index (χ1v) is 11.9. The number of fused-ring (bicyclic) bond motifs is 1. The van der Waals surface area contributed by atoms with Crippen molar-refractivity contribution in [2.75, 3.05) is 11.4 Å². The Bertz CT molecular complexity index is 1290. The average Bonchev–Trinajstić information content (AvgIpc) is 3.01. The highest BCUT2D eigenvalue weighted by Crippen LogP contribution is 2.52. The molecule has 1 N–H and O–H groups in total. The Hall–Kier alpha value is -3.80. The molecule has 2 amide bonds. The Morgan fingerprint density at radius 2 is 1.77 bits per heavy atom. The first-order chi connectivity index (χ1) is 16.2. The van der Waals surface area contributed by atoms with Gasteiger partial charge in [-0.15, -0.1) is 11.0 Å². The van der Waals surface area contributed by atoms with Crippen molar-refractivity contribution in [3.05, 3.63) is 82.9 Å². The van der Waals surface area contributed by atoms with Crippen molar-refractivity contribution in [2.24, 2.45) is 0 Å². The Balaban J connectivity index is 2.42. The van der Waals surface area contributed by atoms with Gasteiger partial charge < -0.3 is 9.64 Å². The number of ether oxygens (including phenoxy) is 1. The molecule has 186 valence electrons. The molecule has 2 aromatic rings. The summed E-state index contributed by atoms with van der Waals surface area (Å²) in [6, 6.07) is 11.2. The molecule has 10 nitrogen and oxygen atoms in total. The molecule has 0 saturated carbocycles.